The summed E-state index contributed by atoms with van der Waals surface area (Å²) in [7, 11) is -3.65. The number of para-hydroxylation sites is 1. The third-order valence-electron chi connectivity index (χ3n) is 2.48. The highest BCUT2D eigenvalue weighted by atomic mass is 32.2. The van der Waals surface area contributed by atoms with Crippen molar-refractivity contribution in [3.63, 3.8) is 0 Å². The lowest BCUT2D eigenvalue weighted by Gasteiger charge is -2.07. The number of esters is 1. The van der Waals surface area contributed by atoms with E-state index in [0.717, 1.165) is 16.9 Å². The van der Waals surface area contributed by atoms with E-state index in [4.69, 9.17) is 4.74 Å². The number of aryl methyl sites for hydroxylation is 1. The van der Waals surface area contributed by atoms with Gasteiger partial charge in [-0.25, -0.2) is 8.42 Å². The number of thiophene rings is 1. The van der Waals surface area contributed by atoms with Gasteiger partial charge in [0.15, 0.2) is 0 Å². The van der Waals surface area contributed by atoms with Gasteiger partial charge >= 0.3 is 5.97 Å². The van der Waals surface area contributed by atoms with Crippen molar-refractivity contribution in [2.45, 2.75) is 11.1 Å². The molecule has 0 spiro atoms. The van der Waals surface area contributed by atoms with E-state index in [9.17, 15) is 13.2 Å². The van der Waals surface area contributed by atoms with Crippen molar-refractivity contribution >= 4 is 27.3 Å². The van der Waals surface area contributed by atoms with E-state index in [2.05, 4.69) is 4.72 Å². The van der Waals surface area contributed by atoms with E-state index in [-0.39, 0.29) is 4.21 Å². The Balaban J connectivity index is 1.95. The van der Waals surface area contributed by atoms with Crippen LogP contribution in [0.2, 0.25) is 0 Å². The largest absolute Gasteiger partial charge is 0.425 e. The maximum Gasteiger partial charge on any atom is 0.326 e. The minimum Gasteiger partial charge on any atom is -0.425 e. The lowest BCUT2D eigenvalue weighted by Crippen LogP contribution is -2.31. The molecule has 20 heavy (non-hydrogen) atoms. The molecule has 106 valence electrons. The smallest absolute Gasteiger partial charge is 0.326 e. The predicted octanol–water partition coefficient (Wildman–Crippen LogP) is 1.94. The Morgan fingerprint density at radius 1 is 1.25 bits per heavy atom. The van der Waals surface area contributed by atoms with E-state index in [0.29, 0.717) is 5.75 Å². The average molecular weight is 311 g/mol. The second-order valence-corrected chi connectivity index (χ2v) is 6.94. The van der Waals surface area contributed by atoms with E-state index in [1.54, 1.807) is 36.6 Å². The van der Waals surface area contributed by atoms with Crippen LogP contribution in [0.15, 0.2) is 46.0 Å². The maximum absolute atomic E-state index is 11.8. The molecule has 2 aromatic rings. The first-order chi connectivity index (χ1) is 9.49. The van der Waals surface area contributed by atoms with Crippen LogP contribution in [-0.4, -0.2) is 20.9 Å². The lowest BCUT2D eigenvalue weighted by molar-refractivity contribution is -0.133. The van der Waals surface area contributed by atoms with Gasteiger partial charge in [-0.2, -0.15) is 4.72 Å². The summed E-state index contributed by atoms with van der Waals surface area (Å²) >= 11 is 1.09. The summed E-state index contributed by atoms with van der Waals surface area (Å²) in [5.74, 6) is -0.229. The van der Waals surface area contributed by atoms with E-state index in [1.165, 1.54) is 6.07 Å². The molecule has 0 aliphatic heterocycles. The Kier molecular flexibility index (Phi) is 4.53. The van der Waals surface area contributed by atoms with Crippen LogP contribution in [0.1, 0.15) is 5.56 Å². The molecular weight excluding hydrogens is 298 g/mol. The quantitative estimate of drug-likeness (QED) is 0.676. The van der Waals surface area contributed by atoms with E-state index >= 15 is 0 Å². The van der Waals surface area contributed by atoms with Gasteiger partial charge in [0.2, 0.25) is 0 Å². The summed E-state index contributed by atoms with van der Waals surface area (Å²) < 4.78 is 31.1. The standard InChI is InChI=1S/C13H13NO4S2/c1-10-5-2-3-6-11(10)18-12(15)9-14-20(16,17)13-7-4-8-19-13/h2-8,14H,9H2,1H3. The van der Waals surface area contributed by atoms with Gasteiger partial charge in [0.1, 0.15) is 16.5 Å². The molecule has 0 atom stereocenters. The van der Waals surface area contributed by atoms with Crippen molar-refractivity contribution in [1.29, 1.82) is 0 Å². The number of hydrogen-bond acceptors (Lipinski definition) is 5. The first-order valence-electron chi connectivity index (χ1n) is 5.78. The highest BCUT2D eigenvalue weighted by Crippen LogP contribution is 2.17. The summed E-state index contributed by atoms with van der Waals surface area (Å²) in [5, 5.41) is 1.65. The van der Waals surface area contributed by atoms with Crippen LogP contribution in [0.5, 0.6) is 5.75 Å². The summed E-state index contributed by atoms with van der Waals surface area (Å²) in [5.41, 5.74) is 0.807. The average Bonchev–Trinajstić information content (AvgIpc) is 2.94. The number of hydrogen-bond donors (Lipinski definition) is 1. The van der Waals surface area contributed by atoms with Gasteiger partial charge in [0, 0.05) is 0 Å². The molecule has 1 heterocycles. The molecule has 2 rings (SSSR count). The van der Waals surface area contributed by atoms with Gasteiger partial charge in [-0.1, -0.05) is 24.3 Å². The number of benzene rings is 1. The van der Waals surface area contributed by atoms with Crippen LogP contribution < -0.4 is 9.46 Å². The molecule has 7 heteroatoms. The number of sulfonamides is 1. The van der Waals surface area contributed by atoms with Crippen LogP contribution in [0.25, 0.3) is 0 Å². The Hall–Kier alpha value is -1.70. The fourth-order valence-electron chi connectivity index (χ4n) is 1.47. The highest BCUT2D eigenvalue weighted by Gasteiger charge is 2.17. The number of rotatable bonds is 5. The van der Waals surface area contributed by atoms with Crippen molar-refractivity contribution in [1.82, 2.24) is 4.72 Å². The minimum atomic E-state index is -3.65. The summed E-state index contributed by atoms with van der Waals surface area (Å²) in [6.45, 7) is 1.40. The zero-order valence-corrected chi connectivity index (χ0v) is 12.3. The van der Waals surface area contributed by atoms with Crippen LogP contribution in [0.4, 0.5) is 0 Å². The Morgan fingerprint density at radius 2 is 2.00 bits per heavy atom. The van der Waals surface area contributed by atoms with Crippen molar-refractivity contribution in [3.8, 4) is 5.75 Å². The monoisotopic (exact) mass is 311 g/mol. The maximum atomic E-state index is 11.8. The molecule has 1 aromatic heterocycles. The molecule has 0 saturated heterocycles. The van der Waals surface area contributed by atoms with Gasteiger partial charge in [0.25, 0.3) is 10.0 Å². The third kappa shape index (κ3) is 3.66. The Labute approximate surface area is 121 Å². The number of carbonyl (C=O) groups is 1. The fraction of sp³-hybridized carbons (Fsp3) is 0.154. The van der Waals surface area contributed by atoms with Gasteiger partial charge in [-0.15, -0.1) is 11.3 Å². The van der Waals surface area contributed by atoms with Crippen LogP contribution >= 0.6 is 11.3 Å². The van der Waals surface area contributed by atoms with Crippen molar-refractivity contribution < 1.29 is 17.9 Å². The number of ether oxygens (including phenoxy) is 1. The normalized spacial score (nSPS) is 11.2. The summed E-state index contributed by atoms with van der Waals surface area (Å²) in [6.07, 6.45) is 0. The van der Waals surface area contributed by atoms with Crippen LogP contribution in [0.3, 0.4) is 0 Å². The minimum absolute atomic E-state index is 0.168. The first-order valence-corrected chi connectivity index (χ1v) is 8.15. The zero-order valence-electron chi connectivity index (χ0n) is 10.7. The molecule has 5 nitrogen and oxygen atoms in total. The lowest BCUT2D eigenvalue weighted by atomic mass is 10.2. The molecule has 1 aromatic carbocycles. The molecule has 0 bridgehead atoms. The van der Waals surface area contributed by atoms with Gasteiger partial charge in [0.05, 0.1) is 0 Å². The second kappa shape index (κ2) is 6.17. The molecule has 0 aliphatic rings. The third-order valence-corrected chi connectivity index (χ3v) is 5.28. The predicted molar refractivity (Wildman–Crippen MR) is 76.3 cm³/mol. The molecule has 0 amide bonds. The topological polar surface area (TPSA) is 72.5 Å². The molecular formula is C13H13NO4S2. The molecule has 0 fully saturated rings. The van der Waals surface area contributed by atoms with Gasteiger partial charge < -0.3 is 4.74 Å². The molecule has 1 N–H and O–H groups in total. The fourth-order valence-corrected chi connectivity index (χ4v) is 3.48. The first kappa shape index (κ1) is 14.7. The molecule has 0 saturated carbocycles. The van der Waals surface area contributed by atoms with Crippen molar-refractivity contribution in [2.24, 2.45) is 0 Å². The summed E-state index contributed by atoms with van der Waals surface area (Å²) in [6, 6.07) is 10.1. The van der Waals surface area contributed by atoms with Crippen LogP contribution in [0, 0.1) is 6.92 Å². The molecule has 0 unspecified atom stereocenters. The number of carbonyl (C=O) groups excluding carboxylic acids is 1. The van der Waals surface area contributed by atoms with Crippen molar-refractivity contribution in [2.75, 3.05) is 6.54 Å². The van der Waals surface area contributed by atoms with Crippen LogP contribution in [-0.2, 0) is 14.8 Å². The summed E-state index contributed by atoms with van der Waals surface area (Å²) in [4.78, 5) is 11.6. The van der Waals surface area contributed by atoms with Gasteiger partial charge in [-0.05, 0) is 30.0 Å². The Bertz CT molecular complexity index is 693. The second-order valence-electron chi connectivity index (χ2n) is 4.00. The van der Waals surface area contributed by atoms with Crippen molar-refractivity contribution in [3.05, 3.63) is 47.3 Å². The number of nitrogens with one attached hydrogen (secondary N) is 1. The molecule has 0 radical (unpaired) electrons. The van der Waals surface area contributed by atoms with E-state index < -0.39 is 22.5 Å². The highest BCUT2D eigenvalue weighted by molar-refractivity contribution is 7.91. The zero-order chi connectivity index (χ0) is 14.6. The molecule has 0 aliphatic carbocycles. The van der Waals surface area contributed by atoms with E-state index in [1.807, 2.05) is 6.07 Å². The Morgan fingerprint density at radius 3 is 2.65 bits per heavy atom. The SMILES string of the molecule is Cc1ccccc1OC(=O)CNS(=O)(=O)c1cccs1. The van der Waals surface area contributed by atoms with Gasteiger partial charge in [-0.3, -0.25) is 4.79 Å².